The number of allylic oxidation sites excluding steroid dienone is 9. The molecule has 1 fully saturated rings. The van der Waals surface area contributed by atoms with Gasteiger partial charge in [-0.05, 0) is 70.6 Å². The summed E-state index contributed by atoms with van der Waals surface area (Å²) in [7, 11) is 0. The number of unbranched alkanes of at least 4 members (excludes halogenated alkanes) is 42. The topological polar surface area (TPSA) is 175 Å². The van der Waals surface area contributed by atoms with Gasteiger partial charge in [-0.25, -0.2) is 0 Å². The molecule has 0 aliphatic carbocycles. The van der Waals surface area contributed by atoms with Gasteiger partial charge in [0.2, 0.25) is 5.91 Å². The van der Waals surface area contributed by atoms with Crippen LogP contribution < -0.4 is 5.32 Å². The lowest BCUT2D eigenvalue weighted by atomic mass is 9.99. The van der Waals surface area contributed by atoms with Gasteiger partial charge in [-0.15, -0.1) is 0 Å². The molecule has 1 heterocycles. The lowest BCUT2D eigenvalue weighted by molar-refractivity contribution is -0.305. The van der Waals surface area contributed by atoms with Crippen LogP contribution in [0.2, 0.25) is 0 Å². The number of hydrogen-bond acceptors (Lipinski definition) is 10. The minimum atomic E-state index is -1.62. The fourth-order valence-electron chi connectivity index (χ4n) is 11.6. The summed E-state index contributed by atoms with van der Waals surface area (Å²) in [6.07, 6.45) is 71.3. The van der Waals surface area contributed by atoms with E-state index in [1.54, 1.807) is 6.08 Å². The second kappa shape index (κ2) is 63.5. The zero-order chi connectivity index (χ0) is 63.1. The first-order chi connectivity index (χ1) is 42.7. The van der Waals surface area contributed by atoms with E-state index >= 15 is 0 Å². The van der Waals surface area contributed by atoms with Crippen LogP contribution in [0.5, 0.6) is 0 Å². The third-order valence-electron chi connectivity index (χ3n) is 17.4. The molecule has 8 atom stereocenters. The number of esters is 1. The van der Waals surface area contributed by atoms with E-state index in [0.717, 1.165) is 103 Å². The third kappa shape index (κ3) is 50.7. The molecule has 11 nitrogen and oxygen atoms in total. The summed E-state index contributed by atoms with van der Waals surface area (Å²) >= 11 is 0. The van der Waals surface area contributed by atoms with Gasteiger partial charge in [0.25, 0.3) is 0 Å². The molecule has 1 aliphatic rings. The maximum Gasteiger partial charge on any atom is 0.306 e. The Labute approximate surface area is 535 Å². The molecule has 87 heavy (non-hydrogen) atoms. The van der Waals surface area contributed by atoms with Gasteiger partial charge >= 0.3 is 5.97 Å². The lowest BCUT2D eigenvalue weighted by Crippen LogP contribution is -2.61. The summed E-state index contributed by atoms with van der Waals surface area (Å²) in [5.74, 6) is -1.19. The van der Waals surface area contributed by atoms with Crippen LogP contribution in [0.3, 0.4) is 0 Å². The monoisotopic (exact) mass is 1230 g/mol. The number of carbonyl (C=O) groups is 2. The number of nitrogens with one attached hydrogen (secondary N) is 1. The zero-order valence-corrected chi connectivity index (χ0v) is 56.6. The molecule has 0 aromatic heterocycles. The molecule has 0 aromatic rings. The smallest absolute Gasteiger partial charge is 0.306 e. The molecular formula is C76H139NO10. The van der Waals surface area contributed by atoms with E-state index < -0.39 is 67.4 Å². The SMILES string of the molecule is CCCCC/C=C\C/C=C\C/C=C\C/C=C\CCCCCCCCCC(=O)OC1C(OCC(NC(=O)C(O)CCCCCCCCCCCCCCCCCCCCCCCCCC)C(O)/C=C/CCCCCCCCCCC)OC(CO)C(O)C1O. The first-order valence-corrected chi connectivity index (χ1v) is 37.1. The van der Waals surface area contributed by atoms with Crippen LogP contribution in [0.25, 0.3) is 0 Å². The number of aliphatic hydroxyl groups excluding tert-OH is 5. The Hall–Kier alpha value is -2.64. The van der Waals surface area contributed by atoms with Crippen molar-refractivity contribution in [2.24, 2.45) is 0 Å². The molecule has 0 saturated carbocycles. The lowest BCUT2D eigenvalue weighted by Gasteiger charge is -2.41. The Kier molecular flexibility index (Phi) is 60.1. The molecule has 0 bridgehead atoms. The van der Waals surface area contributed by atoms with E-state index in [1.165, 1.54) is 199 Å². The molecule has 1 saturated heterocycles. The molecule has 0 radical (unpaired) electrons. The first kappa shape index (κ1) is 82.4. The van der Waals surface area contributed by atoms with Gasteiger partial charge in [-0.1, -0.05) is 332 Å². The Morgan fingerprint density at radius 3 is 1.21 bits per heavy atom. The van der Waals surface area contributed by atoms with Crippen molar-refractivity contribution in [3.05, 3.63) is 60.8 Å². The summed E-state index contributed by atoms with van der Waals surface area (Å²) in [6.45, 7) is 5.80. The van der Waals surface area contributed by atoms with Crippen molar-refractivity contribution in [2.75, 3.05) is 13.2 Å². The van der Waals surface area contributed by atoms with Crippen LogP contribution >= 0.6 is 0 Å². The Bertz CT molecular complexity index is 1650. The minimum Gasteiger partial charge on any atom is -0.454 e. The summed E-state index contributed by atoms with van der Waals surface area (Å²) in [6, 6.07) is -1.03. The highest BCUT2D eigenvalue weighted by Gasteiger charge is 2.47. The van der Waals surface area contributed by atoms with Gasteiger partial charge in [-0.3, -0.25) is 9.59 Å². The van der Waals surface area contributed by atoms with Gasteiger partial charge < -0.3 is 45.1 Å². The molecule has 508 valence electrons. The van der Waals surface area contributed by atoms with Crippen molar-refractivity contribution in [2.45, 2.75) is 397 Å². The number of aliphatic hydroxyl groups is 5. The van der Waals surface area contributed by atoms with Crippen LogP contribution in [0, 0.1) is 0 Å². The second-order valence-electron chi connectivity index (χ2n) is 25.7. The summed E-state index contributed by atoms with van der Waals surface area (Å²) in [4.78, 5) is 26.7. The third-order valence-corrected chi connectivity index (χ3v) is 17.4. The molecular weight excluding hydrogens is 1090 g/mol. The average molecular weight is 1230 g/mol. The average Bonchev–Trinajstić information content (AvgIpc) is 2.93. The van der Waals surface area contributed by atoms with E-state index in [0.29, 0.717) is 19.3 Å². The second-order valence-corrected chi connectivity index (χ2v) is 25.7. The highest BCUT2D eigenvalue weighted by molar-refractivity contribution is 5.80. The standard InChI is InChI=1S/C76H139NO10/c1-4-7-10-13-16-19-22-24-26-28-30-32-34-36-37-39-41-43-45-48-51-54-57-60-63-69(80)75(84)77-67(68(79)62-59-56-53-50-47-21-18-15-12-9-6-3)66-85-76-74(73(83)72(82)70(65-78)86-76)87-71(81)64-61-58-55-52-49-46-44-42-40-38-35-33-31-29-27-25-23-20-17-14-11-8-5-2/h17,20,25,27,31,33,38,40,59,62,67-70,72-74,76,78-80,82-83H,4-16,18-19,21-24,26,28-30,32,34-37,39,41-58,60-61,63-66H2,1-3H3,(H,77,84)/b20-17-,27-25-,33-31-,40-38-,62-59+. The quantitative estimate of drug-likeness (QED) is 0.0195. The van der Waals surface area contributed by atoms with Crippen LogP contribution in [0.15, 0.2) is 60.8 Å². The predicted molar refractivity (Wildman–Crippen MR) is 366 cm³/mol. The van der Waals surface area contributed by atoms with E-state index in [-0.39, 0.29) is 13.0 Å². The predicted octanol–water partition coefficient (Wildman–Crippen LogP) is 19.3. The number of rotatable bonds is 64. The number of carbonyl (C=O) groups excluding carboxylic acids is 2. The highest BCUT2D eigenvalue weighted by atomic mass is 16.7. The molecule has 1 rings (SSSR count). The van der Waals surface area contributed by atoms with E-state index in [2.05, 4.69) is 74.7 Å². The van der Waals surface area contributed by atoms with Crippen LogP contribution in [-0.4, -0.2) is 99.6 Å². The van der Waals surface area contributed by atoms with E-state index in [1.807, 2.05) is 6.08 Å². The van der Waals surface area contributed by atoms with Crippen molar-refractivity contribution in [1.82, 2.24) is 5.32 Å². The maximum atomic E-state index is 13.5. The highest BCUT2D eigenvalue weighted by Crippen LogP contribution is 2.26. The Balaban J connectivity index is 2.53. The fourth-order valence-corrected chi connectivity index (χ4v) is 11.6. The van der Waals surface area contributed by atoms with Crippen LogP contribution in [0.1, 0.15) is 348 Å². The van der Waals surface area contributed by atoms with Gasteiger partial charge in [0.05, 0.1) is 25.4 Å². The Morgan fingerprint density at radius 2 is 0.793 bits per heavy atom. The molecule has 8 unspecified atom stereocenters. The summed E-state index contributed by atoms with van der Waals surface area (Å²) in [5, 5.41) is 57.3. The van der Waals surface area contributed by atoms with Crippen molar-refractivity contribution in [3.8, 4) is 0 Å². The molecule has 0 spiro atoms. The van der Waals surface area contributed by atoms with Gasteiger partial charge in [0.15, 0.2) is 12.4 Å². The number of ether oxygens (including phenoxy) is 3. The zero-order valence-electron chi connectivity index (χ0n) is 56.6. The van der Waals surface area contributed by atoms with Crippen molar-refractivity contribution in [3.63, 3.8) is 0 Å². The molecule has 6 N–H and O–H groups in total. The molecule has 1 amide bonds. The number of amides is 1. The summed E-state index contributed by atoms with van der Waals surface area (Å²) in [5.41, 5.74) is 0. The van der Waals surface area contributed by atoms with Crippen molar-refractivity contribution < 1.29 is 49.3 Å². The molecule has 0 aromatic carbocycles. The van der Waals surface area contributed by atoms with E-state index in [9.17, 15) is 35.1 Å². The van der Waals surface area contributed by atoms with Gasteiger partial charge in [-0.2, -0.15) is 0 Å². The Morgan fingerprint density at radius 1 is 0.448 bits per heavy atom. The minimum absolute atomic E-state index is 0.111. The van der Waals surface area contributed by atoms with Crippen LogP contribution in [-0.2, 0) is 23.8 Å². The van der Waals surface area contributed by atoms with E-state index in [4.69, 9.17) is 14.2 Å². The summed E-state index contributed by atoms with van der Waals surface area (Å²) < 4.78 is 17.7. The van der Waals surface area contributed by atoms with Crippen molar-refractivity contribution in [1.29, 1.82) is 0 Å². The number of hydrogen-bond donors (Lipinski definition) is 6. The molecule has 11 heteroatoms. The maximum absolute atomic E-state index is 13.5. The largest absolute Gasteiger partial charge is 0.454 e. The molecule has 1 aliphatic heterocycles. The van der Waals surface area contributed by atoms with Crippen molar-refractivity contribution >= 4 is 11.9 Å². The van der Waals surface area contributed by atoms with Crippen LogP contribution in [0.4, 0.5) is 0 Å². The van der Waals surface area contributed by atoms with Gasteiger partial charge in [0, 0.05) is 6.42 Å². The first-order valence-electron chi connectivity index (χ1n) is 37.1. The normalized spacial score (nSPS) is 18.6. The fraction of sp³-hybridized carbons (Fsp3) is 0.842. The van der Waals surface area contributed by atoms with Gasteiger partial charge in [0.1, 0.15) is 24.4 Å².